The van der Waals surface area contributed by atoms with Crippen molar-refractivity contribution in [2.45, 2.75) is 31.4 Å². The zero-order valence-corrected chi connectivity index (χ0v) is 10.5. The summed E-state index contributed by atoms with van der Waals surface area (Å²) >= 11 is 3.28. The number of halogens is 2. The minimum Gasteiger partial charge on any atom is -0.388 e. The van der Waals surface area contributed by atoms with E-state index in [4.69, 9.17) is 0 Å². The molecule has 1 aromatic carbocycles. The molecular formula is C12H15BrFNO. The summed E-state index contributed by atoms with van der Waals surface area (Å²) in [6.07, 6.45) is 2.05. The maximum atomic E-state index is 13.5. The molecule has 0 aliphatic carbocycles. The Kier molecular flexibility index (Phi) is 3.95. The summed E-state index contributed by atoms with van der Waals surface area (Å²) in [4.78, 5) is 0. The third kappa shape index (κ3) is 2.81. The maximum absolute atomic E-state index is 13.5. The Labute approximate surface area is 103 Å². The molecule has 4 heteroatoms. The fourth-order valence-corrected chi connectivity index (χ4v) is 2.50. The van der Waals surface area contributed by atoms with E-state index in [0.717, 1.165) is 23.9 Å². The molecule has 88 valence electrons. The van der Waals surface area contributed by atoms with Crippen LogP contribution in [-0.2, 0) is 0 Å². The van der Waals surface area contributed by atoms with E-state index >= 15 is 0 Å². The zero-order valence-electron chi connectivity index (χ0n) is 8.92. The molecule has 2 atom stereocenters. The topological polar surface area (TPSA) is 32.3 Å². The Morgan fingerprint density at radius 2 is 2.38 bits per heavy atom. The maximum Gasteiger partial charge on any atom is 0.129 e. The molecule has 1 fully saturated rings. The Morgan fingerprint density at radius 3 is 3.06 bits per heavy atom. The molecule has 1 aliphatic rings. The highest BCUT2D eigenvalue weighted by Gasteiger charge is 2.21. The van der Waals surface area contributed by atoms with Gasteiger partial charge in [-0.2, -0.15) is 0 Å². The van der Waals surface area contributed by atoms with E-state index in [1.807, 2.05) is 0 Å². The minimum absolute atomic E-state index is 0.313. The minimum atomic E-state index is -0.729. The quantitative estimate of drug-likeness (QED) is 0.896. The molecule has 1 heterocycles. The van der Waals surface area contributed by atoms with Gasteiger partial charge in [-0.15, -0.1) is 0 Å². The van der Waals surface area contributed by atoms with Gasteiger partial charge in [0.15, 0.2) is 0 Å². The SMILES string of the molecule is OC(CC1CCCN1)c1cc(Br)ccc1F. The van der Waals surface area contributed by atoms with E-state index in [1.54, 1.807) is 12.1 Å². The fraction of sp³-hybridized carbons (Fsp3) is 0.500. The molecule has 1 saturated heterocycles. The zero-order chi connectivity index (χ0) is 11.5. The van der Waals surface area contributed by atoms with Gasteiger partial charge in [-0.05, 0) is 44.0 Å². The Morgan fingerprint density at radius 1 is 1.56 bits per heavy atom. The van der Waals surface area contributed by atoms with Crippen LogP contribution >= 0.6 is 15.9 Å². The van der Waals surface area contributed by atoms with Crippen LogP contribution in [0.25, 0.3) is 0 Å². The van der Waals surface area contributed by atoms with Crippen molar-refractivity contribution in [2.24, 2.45) is 0 Å². The average Bonchev–Trinajstić information content (AvgIpc) is 2.74. The standard InChI is InChI=1S/C12H15BrFNO/c13-8-3-4-11(14)10(6-8)12(16)7-9-2-1-5-15-9/h3-4,6,9,12,15-16H,1-2,5,7H2. The van der Waals surface area contributed by atoms with E-state index in [0.29, 0.717) is 18.0 Å². The average molecular weight is 288 g/mol. The van der Waals surface area contributed by atoms with Crippen LogP contribution in [0.1, 0.15) is 30.9 Å². The lowest BCUT2D eigenvalue weighted by molar-refractivity contribution is 0.150. The van der Waals surface area contributed by atoms with Crippen molar-refractivity contribution in [1.29, 1.82) is 0 Å². The second-order valence-electron chi connectivity index (χ2n) is 4.21. The van der Waals surface area contributed by atoms with Gasteiger partial charge >= 0.3 is 0 Å². The van der Waals surface area contributed by atoms with E-state index in [1.165, 1.54) is 6.07 Å². The molecule has 0 spiro atoms. The second-order valence-corrected chi connectivity index (χ2v) is 5.13. The Hall–Kier alpha value is -0.450. The van der Waals surface area contributed by atoms with Crippen LogP contribution in [0.15, 0.2) is 22.7 Å². The van der Waals surface area contributed by atoms with Gasteiger partial charge in [-0.1, -0.05) is 15.9 Å². The third-order valence-electron chi connectivity index (χ3n) is 2.99. The van der Waals surface area contributed by atoms with Gasteiger partial charge in [0, 0.05) is 16.1 Å². The highest BCUT2D eigenvalue weighted by Crippen LogP contribution is 2.26. The molecule has 1 aromatic rings. The molecule has 0 amide bonds. The molecule has 1 aliphatic heterocycles. The molecule has 2 nitrogen and oxygen atoms in total. The largest absolute Gasteiger partial charge is 0.388 e. The Balaban J connectivity index is 2.07. The summed E-state index contributed by atoms with van der Waals surface area (Å²) in [7, 11) is 0. The Bertz CT molecular complexity index is 366. The van der Waals surface area contributed by atoms with Crippen molar-refractivity contribution in [3.8, 4) is 0 Å². The lowest BCUT2D eigenvalue weighted by atomic mass is 10.0. The molecule has 0 saturated carbocycles. The highest BCUT2D eigenvalue weighted by atomic mass is 79.9. The van der Waals surface area contributed by atoms with Gasteiger partial charge in [0.05, 0.1) is 6.10 Å². The monoisotopic (exact) mass is 287 g/mol. The lowest BCUT2D eigenvalue weighted by Crippen LogP contribution is -2.24. The predicted octanol–water partition coefficient (Wildman–Crippen LogP) is 2.76. The number of aliphatic hydroxyl groups is 1. The lowest BCUT2D eigenvalue weighted by Gasteiger charge is -2.17. The number of rotatable bonds is 3. The van der Waals surface area contributed by atoms with Crippen molar-refractivity contribution in [3.63, 3.8) is 0 Å². The molecule has 0 bridgehead atoms. The number of hydrogen-bond donors (Lipinski definition) is 2. The number of nitrogens with one attached hydrogen (secondary N) is 1. The summed E-state index contributed by atoms with van der Waals surface area (Å²) in [6, 6.07) is 4.98. The van der Waals surface area contributed by atoms with Crippen molar-refractivity contribution < 1.29 is 9.50 Å². The first-order valence-corrected chi connectivity index (χ1v) is 6.32. The van der Waals surface area contributed by atoms with E-state index < -0.39 is 6.10 Å². The number of aliphatic hydroxyl groups excluding tert-OH is 1. The van der Waals surface area contributed by atoms with Gasteiger partial charge in [0.1, 0.15) is 5.82 Å². The van der Waals surface area contributed by atoms with Crippen molar-refractivity contribution in [1.82, 2.24) is 5.32 Å². The summed E-state index contributed by atoms with van der Waals surface area (Å²) in [5.74, 6) is -0.339. The van der Waals surface area contributed by atoms with Gasteiger partial charge < -0.3 is 10.4 Å². The normalized spacial score (nSPS) is 22.3. The van der Waals surface area contributed by atoms with Crippen LogP contribution in [-0.4, -0.2) is 17.7 Å². The first-order valence-electron chi connectivity index (χ1n) is 5.53. The molecule has 0 aromatic heterocycles. The van der Waals surface area contributed by atoms with Gasteiger partial charge in [0.2, 0.25) is 0 Å². The van der Waals surface area contributed by atoms with Crippen molar-refractivity contribution >= 4 is 15.9 Å². The first-order chi connectivity index (χ1) is 7.66. The predicted molar refractivity (Wildman–Crippen MR) is 64.7 cm³/mol. The molecule has 2 N–H and O–H groups in total. The van der Waals surface area contributed by atoms with Crippen LogP contribution in [0.3, 0.4) is 0 Å². The molecule has 2 unspecified atom stereocenters. The highest BCUT2D eigenvalue weighted by molar-refractivity contribution is 9.10. The van der Waals surface area contributed by atoms with Crippen molar-refractivity contribution in [3.05, 3.63) is 34.1 Å². The molecular weight excluding hydrogens is 273 g/mol. The van der Waals surface area contributed by atoms with E-state index in [-0.39, 0.29) is 5.82 Å². The van der Waals surface area contributed by atoms with Crippen LogP contribution in [0, 0.1) is 5.82 Å². The van der Waals surface area contributed by atoms with E-state index in [2.05, 4.69) is 21.2 Å². The molecule has 16 heavy (non-hydrogen) atoms. The third-order valence-corrected chi connectivity index (χ3v) is 3.48. The molecule has 0 radical (unpaired) electrons. The summed E-state index contributed by atoms with van der Waals surface area (Å²) in [6.45, 7) is 0.998. The van der Waals surface area contributed by atoms with Crippen LogP contribution in [0.2, 0.25) is 0 Å². The summed E-state index contributed by atoms with van der Waals surface area (Å²) in [5, 5.41) is 13.3. The smallest absolute Gasteiger partial charge is 0.129 e. The van der Waals surface area contributed by atoms with Crippen LogP contribution in [0.5, 0.6) is 0 Å². The van der Waals surface area contributed by atoms with Gasteiger partial charge in [0.25, 0.3) is 0 Å². The first kappa shape index (κ1) is 12.0. The summed E-state index contributed by atoms with van der Waals surface area (Å²) < 4.78 is 14.3. The van der Waals surface area contributed by atoms with Crippen LogP contribution < -0.4 is 5.32 Å². The van der Waals surface area contributed by atoms with E-state index in [9.17, 15) is 9.50 Å². The summed E-state index contributed by atoms with van der Waals surface area (Å²) in [5.41, 5.74) is 0.378. The molecule has 2 rings (SSSR count). The van der Waals surface area contributed by atoms with Crippen LogP contribution in [0.4, 0.5) is 4.39 Å². The van der Waals surface area contributed by atoms with Gasteiger partial charge in [-0.3, -0.25) is 0 Å². The second kappa shape index (κ2) is 5.25. The number of hydrogen-bond acceptors (Lipinski definition) is 2. The number of benzene rings is 1. The fourth-order valence-electron chi connectivity index (χ4n) is 2.12. The van der Waals surface area contributed by atoms with Crippen molar-refractivity contribution in [2.75, 3.05) is 6.54 Å². The van der Waals surface area contributed by atoms with Gasteiger partial charge in [-0.25, -0.2) is 4.39 Å².